The lowest BCUT2D eigenvalue weighted by Gasteiger charge is -2.11. The van der Waals surface area contributed by atoms with Crippen molar-refractivity contribution >= 4 is 22.1 Å². The van der Waals surface area contributed by atoms with Gasteiger partial charge in [-0.3, -0.25) is 0 Å². The third kappa shape index (κ3) is 4.58. The van der Waals surface area contributed by atoms with Gasteiger partial charge in [0.1, 0.15) is 0 Å². The van der Waals surface area contributed by atoms with E-state index in [1.165, 1.54) is 44.2 Å². The molecule has 0 bridgehead atoms. The van der Waals surface area contributed by atoms with E-state index < -0.39 is 0 Å². The number of benzene rings is 6. The molecule has 6 rings (SSSR count). The summed E-state index contributed by atoms with van der Waals surface area (Å²) in [6.07, 6.45) is 0. The van der Waals surface area contributed by atoms with Crippen molar-refractivity contribution in [2.75, 3.05) is 5.32 Å². The van der Waals surface area contributed by atoms with Crippen molar-refractivity contribution in [2.24, 2.45) is 0 Å². The average molecular weight is 448 g/mol. The molecule has 166 valence electrons. The van der Waals surface area contributed by atoms with E-state index in [1.54, 1.807) is 0 Å². The molecule has 0 saturated heterocycles. The van der Waals surface area contributed by atoms with Gasteiger partial charge in [0.05, 0.1) is 0 Å². The quantitative estimate of drug-likeness (QED) is 0.277. The summed E-state index contributed by atoms with van der Waals surface area (Å²) in [5.74, 6) is 0. The van der Waals surface area contributed by atoms with Crippen molar-refractivity contribution < 1.29 is 0 Å². The van der Waals surface area contributed by atoms with Gasteiger partial charge in [0.2, 0.25) is 0 Å². The van der Waals surface area contributed by atoms with Gasteiger partial charge >= 0.3 is 0 Å². The molecule has 0 aliphatic heterocycles. The monoisotopic (exact) mass is 447 g/mol. The number of hydrogen-bond acceptors (Lipinski definition) is 1. The minimum atomic E-state index is 1.07. The normalized spacial score (nSPS) is 10.9. The van der Waals surface area contributed by atoms with E-state index in [9.17, 15) is 0 Å². The lowest BCUT2D eigenvalue weighted by Crippen LogP contribution is -1.91. The first kappa shape index (κ1) is 20.9. The van der Waals surface area contributed by atoms with Gasteiger partial charge in [-0.25, -0.2) is 0 Å². The number of fused-ring (bicyclic) bond motifs is 1. The Morgan fingerprint density at radius 3 is 1.43 bits per heavy atom. The second-order valence-corrected chi connectivity index (χ2v) is 8.79. The molecule has 0 atom stereocenters. The minimum absolute atomic E-state index is 1.07. The van der Waals surface area contributed by atoms with Gasteiger partial charge in [0, 0.05) is 11.4 Å². The highest BCUT2D eigenvalue weighted by Crippen LogP contribution is 2.30. The van der Waals surface area contributed by atoms with Crippen molar-refractivity contribution in [3.63, 3.8) is 0 Å². The predicted octanol–water partition coefficient (Wildman–Crippen LogP) is 9.58. The predicted molar refractivity (Wildman–Crippen MR) is 150 cm³/mol. The lowest BCUT2D eigenvalue weighted by molar-refractivity contribution is 1.53. The maximum atomic E-state index is 3.60. The largest absolute Gasteiger partial charge is 0.355 e. The van der Waals surface area contributed by atoms with Crippen LogP contribution in [0.1, 0.15) is 0 Å². The Morgan fingerprint density at radius 1 is 0.286 bits per heavy atom. The first-order valence-corrected chi connectivity index (χ1v) is 11.9. The summed E-state index contributed by atoms with van der Waals surface area (Å²) in [6, 6.07) is 51.6. The second kappa shape index (κ2) is 9.32. The Balaban J connectivity index is 1.24. The Labute approximate surface area is 206 Å². The van der Waals surface area contributed by atoms with Crippen LogP contribution in [-0.4, -0.2) is 0 Å². The van der Waals surface area contributed by atoms with Gasteiger partial charge in [-0.2, -0.15) is 0 Å². The molecule has 0 aliphatic rings. The summed E-state index contributed by atoms with van der Waals surface area (Å²) in [4.78, 5) is 0. The molecular formula is C34H25N. The van der Waals surface area contributed by atoms with Crippen LogP contribution in [0.5, 0.6) is 0 Å². The molecule has 35 heavy (non-hydrogen) atoms. The minimum Gasteiger partial charge on any atom is -0.355 e. The number of anilines is 2. The van der Waals surface area contributed by atoms with Gasteiger partial charge in [0.15, 0.2) is 0 Å². The Kier molecular flexibility index (Phi) is 5.58. The van der Waals surface area contributed by atoms with Crippen molar-refractivity contribution in [1.29, 1.82) is 0 Å². The van der Waals surface area contributed by atoms with Crippen LogP contribution in [-0.2, 0) is 0 Å². The zero-order chi connectivity index (χ0) is 23.5. The fourth-order valence-corrected chi connectivity index (χ4v) is 4.57. The maximum Gasteiger partial charge on any atom is 0.0390 e. The molecule has 1 nitrogen and oxygen atoms in total. The van der Waals surface area contributed by atoms with Crippen molar-refractivity contribution in [3.05, 3.63) is 146 Å². The van der Waals surface area contributed by atoms with E-state index in [0.29, 0.717) is 0 Å². The summed E-state index contributed by atoms with van der Waals surface area (Å²) < 4.78 is 0. The highest BCUT2D eigenvalue weighted by molar-refractivity contribution is 5.88. The van der Waals surface area contributed by atoms with Crippen LogP contribution >= 0.6 is 0 Å². The summed E-state index contributed by atoms with van der Waals surface area (Å²) in [5, 5.41) is 6.12. The summed E-state index contributed by atoms with van der Waals surface area (Å²) >= 11 is 0. The van der Waals surface area contributed by atoms with Crippen molar-refractivity contribution in [1.82, 2.24) is 0 Å². The molecule has 0 saturated carbocycles. The van der Waals surface area contributed by atoms with Gasteiger partial charge < -0.3 is 5.32 Å². The second-order valence-electron chi connectivity index (χ2n) is 8.79. The van der Waals surface area contributed by atoms with Crippen LogP contribution in [0.4, 0.5) is 11.4 Å². The molecule has 0 radical (unpaired) electrons. The third-order valence-corrected chi connectivity index (χ3v) is 6.42. The Bertz CT molecular complexity index is 1600. The van der Waals surface area contributed by atoms with E-state index in [-0.39, 0.29) is 0 Å². The van der Waals surface area contributed by atoms with Crippen LogP contribution < -0.4 is 5.32 Å². The highest BCUT2D eigenvalue weighted by atomic mass is 14.9. The lowest BCUT2D eigenvalue weighted by atomic mass is 10.00. The zero-order valence-corrected chi connectivity index (χ0v) is 19.4. The van der Waals surface area contributed by atoms with E-state index in [1.807, 2.05) is 6.07 Å². The van der Waals surface area contributed by atoms with Gasteiger partial charge in [-0.05, 0) is 74.5 Å². The Morgan fingerprint density at radius 2 is 0.743 bits per heavy atom. The fourth-order valence-electron chi connectivity index (χ4n) is 4.57. The third-order valence-electron chi connectivity index (χ3n) is 6.42. The standard InChI is InChI=1S/C34H25N/c1-2-8-25(9-3-1)27-16-18-28(19-17-27)30-12-6-14-33(23-30)35-34-15-7-13-31(24-34)32-21-20-26-10-4-5-11-29(26)22-32/h1-24,35H. The molecule has 6 aromatic carbocycles. The molecule has 0 fully saturated rings. The van der Waals surface area contributed by atoms with Crippen LogP contribution in [0.15, 0.2) is 146 Å². The van der Waals surface area contributed by atoms with E-state index in [0.717, 1.165) is 11.4 Å². The topological polar surface area (TPSA) is 12.0 Å². The molecule has 0 unspecified atom stereocenters. The molecule has 0 amide bonds. The number of rotatable bonds is 5. The van der Waals surface area contributed by atoms with Crippen LogP contribution in [0.2, 0.25) is 0 Å². The first-order valence-electron chi connectivity index (χ1n) is 11.9. The number of hydrogen-bond donors (Lipinski definition) is 1. The molecular weight excluding hydrogens is 422 g/mol. The molecule has 6 aromatic rings. The van der Waals surface area contributed by atoms with Gasteiger partial charge in [-0.1, -0.05) is 115 Å². The molecule has 0 spiro atoms. The van der Waals surface area contributed by atoms with Crippen molar-refractivity contribution in [3.8, 4) is 33.4 Å². The molecule has 0 aliphatic carbocycles. The SMILES string of the molecule is c1ccc(-c2ccc(-c3cccc(Nc4cccc(-c5ccc6ccccc6c5)c4)c3)cc2)cc1. The van der Waals surface area contributed by atoms with Gasteiger partial charge in [-0.15, -0.1) is 0 Å². The summed E-state index contributed by atoms with van der Waals surface area (Å²) in [5.41, 5.74) is 9.44. The van der Waals surface area contributed by atoms with E-state index >= 15 is 0 Å². The summed E-state index contributed by atoms with van der Waals surface area (Å²) in [7, 11) is 0. The zero-order valence-electron chi connectivity index (χ0n) is 19.4. The highest BCUT2D eigenvalue weighted by Gasteiger charge is 2.04. The first-order chi connectivity index (χ1) is 17.3. The molecule has 1 N–H and O–H groups in total. The molecule has 0 aromatic heterocycles. The smallest absolute Gasteiger partial charge is 0.0390 e. The van der Waals surface area contributed by atoms with E-state index in [2.05, 4.69) is 145 Å². The van der Waals surface area contributed by atoms with E-state index in [4.69, 9.17) is 0 Å². The number of nitrogens with one attached hydrogen (secondary N) is 1. The average Bonchev–Trinajstić information content (AvgIpc) is 2.94. The van der Waals surface area contributed by atoms with Crippen LogP contribution in [0.3, 0.4) is 0 Å². The summed E-state index contributed by atoms with van der Waals surface area (Å²) in [6.45, 7) is 0. The van der Waals surface area contributed by atoms with Crippen LogP contribution in [0.25, 0.3) is 44.2 Å². The molecule has 1 heteroatoms. The van der Waals surface area contributed by atoms with Crippen LogP contribution in [0, 0.1) is 0 Å². The maximum absolute atomic E-state index is 3.60. The molecule has 0 heterocycles. The van der Waals surface area contributed by atoms with Crippen molar-refractivity contribution in [2.45, 2.75) is 0 Å². The Hall–Kier alpha value is -4.62. The van der Waals surface area contributed by atoms with Gasteiger partial charge in [0.25, 0.3) is 0 Å². The fraction of sp³-hybridized carbons (Fsp3) is 0.